The van der Waals surface area contributed by atoms with Gasteiger partial charge in [0.2, 0.25) is 0 Å². The van der Waals surface area contributed by atoms with E-state index in [2.05, 4.69) is 36.4 Å². The summed E-state index contributed by atoms with van der Waals surface area (Å²) < 4.78 is 0. The van der Waals surface area contributed by atoms with Crippen molar-refractivity contribution in [3.63, 3.8) is 0 Å². The molecule has 0 bridgehead atoms. The maximum atomic E-state index is 4.85. The highest BCUT2D eigenvalue weighted by Crippen LogP contribution is 2.29. The molecular weight excluding hydrogens is 254 g/mol. The van der Waals surface area contributed by atoms with E-state index < -0.39 is 0 Å². The molecule has 0 saturated carbocycles. The number of hydrogen-bond donors (Lipinski definition) is 1. The monoisotopic (exact) mass is 279 g/mol. The first-order valence-electron chi connectivity index (χ1n) is 7.44. The van der Waals surface area contributed by atoms with Gasteiger partial charge in [-0.05, 0) is 31.8 Å². The Balaban J connectivity index is 1.69. The zero-order valence-corrected chi connectivity index (χ0v) is 13.1. The molecule has 1 aromatic rings. The maximum absolute atomic E-state index is 4.85. The van der Waals surface area contributed by atoms with E-state index in [0.717, 1.165) is 18.5 Å². The second-order valence-corrected chi connectivity index (χ2v) is 7.85. The zero-order chi connectivity index (χ0) is 13.5. The van der Waals surface area contributed by atoms with E-state index in [1.807, 2.05) is 11.3 Å². The summed E-state index contributed by atoms with van der Waals surface area (Å²) in [4.78, 5) is 7.49. The van der Waals surface area contributed by atoms with Crippen LogP contribution in [0.4, 0.5) is 0 Å². The molecule has 2 fully saturated rings. The second-order valence-electron chi connectivity index (χ2n) is 6.99. The van der Waals surface area contributed by atoms with Crippen LogP contribution in [0.2, 0.25) is 0 Å². The van der Waals surface area contributed by atoms with E-state index in [-0.39, 0.29) is 5.41 Å². The molecule has 0 amide bonds. The number of rotatable bonds is 2. The van der Waals surface area contributed by atoms with Gasteiger partial charge in [0.25, 0.3) is 0 Å². The molecule has 2 aliphatic rings. The molecule has 106 valence electrons. The molecule has 2 saturated heterocycles. The van der Waals surface area contributed by atoms with Gasteiger partial charge >= 0.3 is 0 Å². The lowest BCUT2D eigenvalue weighted by molar-refractivity contribution is 0.116. The molecule has 3 rings (SSSR count). The molecule has 4 heteroatoms. The Morgan fingerprint density at radius 2 is 2.26 bits per heavy atom. The lowest BCUT2D eigenvalue weighted by Gasteiger charge is -2.36. The molecule has 0 aliphatic carbocycles. The van der Waals surface area contributed by atoms with Gasteiger partial charge in [-0.25, -0.2) is 4.98 Å². The first kappa shape index (κ1) is 13.5. The maximum Gasteiger partial charge on any atom is 0.0982 e. The van der Waals surface area contributed by atoms with Crippen molar-refractivity contribution in [2.24, 2.45) is 5.92 Å². The van der Waals surface area contributed by atoms with Crippen LogP contribution in [0.25, 0.3) is 0 Å². The first-order chi connectivity index (χ1) is 9.04. The number of piperidine rings is 1. The van der Waals surface area contributed by atoms with E-state index >= 15 is 0 Å². The highest BCUT2D eigenvalue weighted by molar-refractivity contribution is 7.09. The van der Waals surface area contributed by atoms with Crippen LogP contribution < -0.4 is 5.32 Å². The van der Waals surface area contributed by atoms with Gasteiger partial charge in [-0.2, -0.15) is 0 Å². The summed E-state index contributed by atoms with van der Waals surface area (Å²) in [5.74, 6) is 0.870. The predicted molar refractivity (Wildman–Crippen MR) is 80.6 cm³/mol. The highest BCUT2D eigenvalue weighted by Gasteiger charge is 2.35. The number of fused-ring (bicyclic) bond motifs is 1. The topological polar surface area (TPSA) is 28.2 Å². The molecule has 0 spiro atoms. The van der Waals surface area contributed by atoms with Gasteiger partial charge < -0.3 is 5.32 Å². The normalized spacial score (nSPS) is 28.6. The van der Waals surface area contributed by atoms with Crippen molar-refractivity contribution in [2.45, 2.75) is 51.6 Å². The fraction of sp³-hybridized carbons (Fsp3) is 0.800. The number of nitrogens with zero attached hydrogens (tertiary/aromatic N) is 2. The lowest BCUT2D eigenvalue weighted by Crippen LogP contribution is -2.44. The van der Waals surface area contributed by atoms with E-state index in [0.29, 0.717) is 0 Å². The lowest BCUT2D eigenvalue weighted by atomic mass is 9.92. The number of thiazole rings is 1. The summed E-state index contributed by atoms with van der Waals surface area (Å²) in [5, 5.41) is 7.07. The molecule has 3 heterocycles. The van der Waals surface area contributed by atoms with Crippen LogP contribution in [0, 0.1) is 5.92 Å². The fourth-order valence-corrected chi connectivity index (χ4v) is 4.19. The molecule has 19 heavy (non-hydrogen) atoms. The standard InChI is InChI=1S/C15H25N3S/c1-15(2,3)14-17-12(10-19-14)9-18-6-4-5-11-7-16-8-13(11)18/h10-11,13,16H,4-9H2,1-3H3. The summed E-state index contributed by atoms with van der Waals surface area (Å²) >= 11 is 1.82. The summed E-state index contributed by atoms with van der Waals surface area (Å²) in [6, 6.07) is 0.744. The third-order valence-corrected chi connectivity index (χ3v) is 5.67. The Kier molecular flexibility index (Phi) is 3.67. The van der Waals surface area contributed by atoms with Crippen LogP contribution in [0.1, 0.15) is 44.3 Å². The molecule has 3 nitrogen and oxygen atoms in total. The smallest absolute Gasteiger partial charge is 0.0982 e. The van der Waals surface area contributed by atoms with Gasteiger partial charge in [-0.15, -0.1) is 11.3 Å². The number of nitrogens with one attached hydrogen (secondary N) is 1. The Labute approximate surface area is 120 Å². The minimum Gasteiger partial charge on any atom is -0.315 e. The zero-order valence-electron chi connectivity index (χ0n) is 12.3. The first-order valence-corrected chi connectivity index (χ1v) is 8.31. The van der Waals surface area contributed by atoms with E-state index in [9.17, 15) is 0 Å². The van der Waals surface area contributed by atoms with Crippen LogP contribution in [0.15, 0.2) is 5.38 Å². The number of hydrogen-bond acceptors (Lipinski definition) is 4. The van der Waals surface area contributed by atoms with Crippen molar-refractivity contribution in [1.82, 2.24) is 15.2 Å². The molecule has 0 radical (unpaired) electrons. The van der Waals surface area contributed by atoms with Gasteiger partial charge in [0.15, 0.2) is 0 Å². The van der Waals surface area contributed by atoms with Gasteiger partial charge in [0.1, 0.15) is 0 Å². The molecule has 2 atom stereocenters. The van der Waals surface area contributed by atoms with Crippen molar-refractivity contribution in [2.75, 3.05) is 19.6 Å². The Bertz CT molecular complexity index is 435. The van der Waals surface area contributed by atoms with Crippen LogP contribution in [-0.2, 0) is 12.0 Å². The minimum absolute atomic E-state index is 0.183. The molecule has 1 aromatic heterocycles. The fourth-order valence-electron chi connectivity index (χ4n) is 3.29. The summed E-state index contributed by atoms with van der Waals surface area (Å²) in [6.07, 6.45) is 2.75. The average Bonchev–Trinajstić information content (AvgIpc) is 2.96. The average molecular weight is 279 g/mol. The summed E-state index contributed by atoms with van der Waals surface area (Å²) in [6.45, 7) is 11.4. The van der Waals surface area contributed by atoms with Gasteiger partial charge in [-0.3, -0.25) is 4.90 Å². The van der Waals surface area contributed by atoms with Crippen molar-refractivity contribution < 1.29 is 0 Å². The van der Waals surface area contributed by atoms with Gasteiger partial charge in [0.05, 0.1) is 10.7 Å². The number of aromatic nitrogens is 1. The Morgan fingerprint density at radius 3 is 3.00 bits per heavy atom. The summed E-state index contributed by atoms with van der Waals surface area (Å²) in [7, 11) is 0. The largest absolute Gasteiger partial charge is 0.315 e. The van der Waals surface area contributed by atoms with E-state index in [1.54, 1.807) is 0 Å². The molecular formula is C15H25N3S. The van der Waals surface area contributed by atoms with Crippen LogP contribution in [-0.4, -0.2) is 35.6 Å². The minimum atomic E-state index is 0.183. The Morgan fingerprint density at radius 1 is 1.42 bits per heavy atom. The van der Waals surface area contributed by atoms with Gasteiger partial charge in [-0.1, -0.05) is 20.8 Å². The van der Waals surface area contributed by atoms with Crippen molar-refractivity contribution in [3.05, 3.63) is 16.1 Å². The SMILES string of the molecule is CC(C)(C)c1nc(CN2CCCC3CNCC32)cs1. The van der Waals surface area contributed by atoms with Crippen LogP contribution in [0.5, 0.6) is 0 Å². The number of likely N-dealkylation sites (tertiary alicyclic amines) is 1. The molecule has 2 aliphatic heterocycles. The molecule has 2 unspecified atom stereocenters. The quantitative estimate of drug-likeness (QED) is 0.902. The molecule has 0 aromatic carbocycles. The highest BCUT2D eigenvalue weighted by atomic mass is 32.1. The second kappa shape index (κ2) is 5.15. The van der Waals surface area contributed by atoms with Crippen molar-refractivity contribution in [3.8, 4) is 0 Å². The Hall–Kier alpha value is -0.450. The third-order valence-electron chi connectivity index (χ3n) is 4.35. The van der Waals surface area contributed by atoms with Crippen molar-refractivity contribution >= 4 is 11.3 Å². The third kappa shape index (κ3) is 2.86. The van der Waals surface area contributed by atoms with Crippen molar-refractivity contribution in [1.29, 1.82) is 0 Å². The van der Waals surface area contributed by atoms with Crippen LogP contribution >= 0.6 is 11.3 Å². The molecule has 1 N–H and O–H groups in total. The van der Waals surface area contributed by atoms with E-state index in [1.165, 1.54) is 43.2 Å². The summed E-state index contributed by atoms with van der Waals surface area (Å²) in [5.41, 5.74) is 1.45. The van der Waals surface area contributed by atoms with Gasteiger partial charge in [0, 0.05) is 29.9 Å². The predicted octanol–water partition coefficient (Wildman–Crippen LogP) is 2.62. The van der Waals surface area contributed by atoms with Crippen LogP contribution in [0.3, 0.4) is 0 Å². The van der Waals surface area contributed by atoms with E-state index in [4.69, 9.17) is 4.98 Å².